The average Bonchev–Trinajstić information content (AvgIpc) is 2.48. The minimum absolute atomic E-state index is 0.563. The molecule has 11 heavy (non-hydrogen) atoms. The van der Waals surface area contributed by atoms with Crippen molar-refractivity contribution >= 4 is 23.1 Å². The van der Waals surface area contributed by atoms with Gasteiger partial charge in [-0.15, -0.1) is 11.3 Å². The van der Waals surface area contributed by atoms with Crippen LogP contribution in [0, 0.1) is 0 Å². The monoisotopic (exact) mass is 188 g/mol. The van der Waals surface area contributed by atoms with E-state index in [1.807, 2.05) is 17.1 Å². The van der Waals surface area contributed by atoms with Crippen molar-refractivity contribution in [3.05, 3.63) is 16.1 Å². The van der Waals surface area contributed by atoms with E-state index in [0.717, 1.165) is 17.2 Å². The molecule has 0 amide bonds. The summed E-state index contributed by atoms with van der Waals surface area (Å²) in [5, 5.41) is 3.23. The van der Waals surface area contributed by atoms with Crippen LogP contribution in [-0.2, 0) is 12.3 Å². The zero-order valence-corrected chi connectivity index (χ0v) is 8.17. The number of thiazole rings is 1. The largest absolute Gasteiger partial charge is 0.325 e. The number of thioether (sulfide) groups is 1. The summed E-state index contributed by atoms with van der Waals surface area (Å²) < 4.78 is 0. The van der Waals surface area contributed by atoms with Gasteiger partial charge < -0.3 is 5.73 Å². The smallest absolute Gasteiger partial charge is 0.103 e. The quantitative estimate of drug-likeness (QED) is 0.784. The molecule has 0 atom stereocenters. The van der Waals surface area contributed by atoms with Crippen LogP contribution in [-0.4, -0.2) is 10.7 Å². The van der Waals surface area contributed by atoms with Crippen LogP contribution < -0.4 is 5.73 Å². The van der Waals surface area contributed by atoms with E-state index in [-0.39, 0.29) is 0 Å². The lowest BCUT2D eigenvalue weighted by Crippen LogP contribution is -1.96. The Morgan fingerprint density at radius 2 is 2.55 bits per heavy atom. The van der Waals surface area contributed by atoms with E-state index in [4.69, 9.17) is 5.73 Å². The van der Waals surface area contributed by atoms with Gasteiger partial charge in [0.05, 0.1) is 5.69 Å². The summed E-state index contributed by atoms with van der Waals surface area (Å²) in [6.07, 6.45) is 0. The summed E-state index contributed by atoms with van der Waals surface area (Å²) in [6, 6.07) is 0. The zero-order valence-electron chi connectivity index (χ0n) is 6.54. The van der Waals surface area contributed by atoms with Gasteiger partial charge in [0.2, 0.25) is 0 Å². The summed E-state index contributed by atoms with van der Waals surface area (Å²) in [7, 11) is 0. The van der Waals surface area contributed by atoms with Gasteiger partial charge in [0.15, 0.2) is 0 Å². The summed E-state index contributed by atoms with van der Waals surface area (Å²) in [4.78, 5) is 4.34. The van der Waals surface area contributed by atoms with Gasteiger partial charge in [-0.3, -0.25) is 0 Å². The fourth-order valence-corrected chi connectivity index (χ4v) is 2.25. The number of nitrogens with two attached hydrogens (primary N) is 1. The molecule has 4 heteroatoms. The second kappa shape index (κ2) is 4.74. The maximum Gasteiger partial charge on any atom is 0.103 e. The van der Waals surface area contributed by atoms with Gasteiger partial charge in [0.25, 0.3) is 0 Å². The van der Waals surface area contributed by atoms with Crippen molar-refractivity contribution < 1.29 is 0 Å². The van der Waals surface area contributed by atoms with Crippen molar-refractivity contribution in [2.24, 2.45) is 5.73 Å². The average molecular weight is 188 g/mol. The van der Waals surface area contributed by atoms with Crippen LogP contribution in [0.15, 0.2) is 5.38 Å². The van der Waals surface area contributed by atoms with Crippen LogP contribution in [0.1, 0.15) is 17.6 Å². The molecule has 0 bridgehead atoms. The van der Waals surface area contributed by atoms with E-state index in [1.54, 1.807) is 11.3 Å². The molecule has 0 fully saturated rings. The summed E-state index contributed by atoms with van der Waals surface area (Å²) in [5.74, 6) is 2.18. The molecule has 0 aromatic carbocycles. The highest BCUT2D eigenvalue weighted by Crippen LogP contribution is 2.15. The van der Waals surface area contributed by atoms with E-state index in [9.17, 15) is 0 Å². The number of nitrogens with zero attached hydrogens (tertiary/aromatic N) is 1. The summed E-state index contributed by atoms with van der Waals surface area (Å²) >= 11 is 3.59. The fourth-order valence-electron chi connectivity index (χ4n) is 0.698. The first-order chi connectivity index (χ1) is 5.36. The van der Waals surface area contributed by atoms with Gasteiger partial charge in [-0.05, 0) is 5.75 Å². The van der Waals surface area contributed by atoms with Crippen molar-refractivity contribution in [3.8, 4) is 0 Å². The number of aromatic nitrogens is 1. The van der Waals surface area contributed by atoms with Crippen molar-refractivity contribution in [3.63, 3.8) is 0 Å². The van der Waals surface area contributed by atoms with Crippen LogP contribution in [0.4, 0.5) is 0 Å². The topological polar surface area (TPSA) is 38.9 Å². The Bertz CT molecular complexity index is 210. The molecule has 0 aliphatic heterocycles. The van der Waals surface area contributed by atoms with Gasteiger partial charge in [0.1, 0.15) is 5.01 Å². The summed E-state index contributed by atoms with van der Waals surface area (Å²) in [5.41, 5.74) is 6.44. The minimum Gasteiger partial charge on any atom is -0.325 e. The lowest BCUT2D eigenvalue weighted by atomic mass is 10.5. The first kappa shape index (κ1) is 9.03. The van der Waals surface area contributed by atoms with Crippen molar-refractivity contribution in [1.82, 2.24) is 4.98 Å². The zero-order chi connectivity index (χ0) is 8.10. The molecule has 1 heterocycles. The number of rotatable bonds is 4. The second-order valence-electron chi connectivity index (χ2n) is 2.07. The Labute approximate surface area is 75.2 Å². The Morgan fingerprint density at radius 1 is 1.73 bits per heavy atom. The lowest BCUT2D eigenvalue weighted by molar-refractivity contribution is 0.996. The number of hydrogen-bond donors (Lipinski definition) is 1. The predicted octanol–water partition coefficient (Wildman–Crippen LogP) is 1.85. The van der Waals surface area contributed by atoms with Crippen LogP contribution in [0.5, 0.6) is 0 Å². The van der Waals surface area contributed by atoms with Crippen LogP contribution in [0.2, 0.25) is 0 Å². The third-order valence-corrected chi connectivity index (χ3v) is 3.20. The maximum absolute atomic E-state index is 5.43. The first-order valence-corrected chi connectivity index (χ1v) is 5.61. The molecule has 2 N–H and O–H groups in total. The van der Waals surface area contributed by atoms with Gasteiger partial charge in [0, 0.05) is 17.7 Å². The molecule has 0 aliphatic carbocycles. The van der Waals surface area contributed by atoms with E-state index in [2.05, 4.69) is 11.9 Å². The van der Waals surface area contributed by atoms with Gasteiger partial charge in [-0.1, -0.05) is 6.92 Å². The van der Waals surface area contributed by atoms with Crippen LogP contribution >= 0.6 is 23.1 Å². The lowest BCUT2D eigenvalue weighted by Gasteiger charge is -1.91. The third kappa shape index (κ3) is 2.81. The SMILES string of the molecule is CCSCc1nc(CN)cs1. The number of hydrogen-bond acceptors (Lipinski definition) is 4. The van der Waals surface area contributed by atoms with E-state index in [1.165, 1.54) is 5.01 Å². The van der Waals surface area contributed by atoms with Crippen LogP contribution in [0.25, 0.3) is 0 Å². The third-order valence-electron chi connectivity index (χ3n) is 1.24. The summed E-state index contributed by atoms with van der Waals surface area (Å²) in [6.45, 7) is 2.72. The van der Waals surface area contributed by atoms with Crippen LogP contribution in [0.3, 0.4) is 0 Å². The molecule has 1 rings (SSSR count). The molecule has 0 unspecified atom stereocenters. The van der Waals surface area contributed by atoms with E-state index >= 15 is 0 Å². The molecule has 0 saturated heterocycles. The Morgan fingerprint density at radius 3 is 3.09 bits per heavy atom. The molecule has 62 valence electrons. The minimum atomic E-state index is 0.563. The highest BCUT2D eigenvalue weighted by atomic mass is 32.2. The van der Waals surface area contributed by atoms with E-state index < -0.39 is 0 Å². The van der Waals surface area contributed by atoms with Crippen molar-refractivity contribution in [2.45, 2.75) is 19.2 Å². The molecular weight excluding hydrogens is 176 g/mol. The van der Waals surface area contributed by atoms with Gasteiger partial charge >= 0.3 is 0 Å². The Kier molecular flexibility index (Phi) is 3.90. The molecule has 0 aliphatic rings. The standard InChI is InChI=1S/C7H12N2S2/c1-2-10-5-7-9-6(3-8)4-11-7/h4H,2-3,5,8H2,1H3. The fraction of sp³-hybridized carbons (Fsp3) is 0.571. The second-order valence-corrected chi connectivity index (χ2v) is 4.29. The molecule has 2 nitrogen and oxygen atoms in total. The first-order valence-electron chi connectivity index (χ1n) is 3.58. The predicted molar refractivity (Wildman–Crippen MR) is 51.8 cm³/mol. The normalized spacial score (nSPS) is 10.4. The highest BCUT2D eigenvalue weighted by Gasteiger charge is 1.98. The van der Waals surface area contributed by atoms with Crippen molar-refractivity contribution in [1.29, 1.82) is 0 Å². The van der Waals surface area contributed by atoms with Crippen molar-refractivity contribution in [2.75, 3.05) is 5.75 Å². The molecule has 0 spiro atoms. The Hall–Kier alpha value is -0.0600. The Balaban J connectivity index is 2.44. The van der Waals surface area contributed by atoms with Gasteiger partial charge in [-0.25, -0.2) is 4.98 Å². The highest BCUT2D eigenvalue weighted by molar-refractivity contribution is 7.98. The molecule has 0 radical (unpaired) electrons. The molecule has 1 aromatic rings. The maximum atomic E-state index is 5.43. The molecule has 0 saturated carbocycles. The van der Waals surface area contributed by atoms with E-state index in [0.29, 0.717) is 6.54 Å². The molecular formula is C7H12N2S2. The van der Waals surface area contributed by atoms with Gasteiger partial charge in [-0.2, -0.15) is 11.8 Å². The molecule has 1 aromatic heterocycles.